The molecule has 0 spiro atoms. The van der Waals surface area contributed by atoms with E-state index in [1.165, 1.54) is 11.3 Å². The highest BCUT2D eigenvalue weighted by Gasteiger charge is 2.16. The average molecular weight is 383 g/mol. The van der Waals surface area contributed by atoms with E-state index in [1.54, 1.807) is 20.0 Å². The van der Waals surface area contributed by atoms with Crippen molar-refractivity contribution in [1.29, 1.82) is 0 Å². The molecule has 7 nitrogen and oxygen atoms in total. The third-order valence-corrected chi connectivity index (χ3v) is 5.02. The van der Waals surface area contributed by atoms with E-state index in [9.17, 15) is 4.79 Å². The van der Waals surface area contributed by atoms with E-state index < -0.39 is 0 Å². The number of esters is 1. The topological polar surface area (TPSA) is 81.4 Å². The number of rotatable bonds is 6. The Hall–Kier alpha value is -3.00. The van der Waals surface area contributed by atoms with Gasteiger partial charge in [-0.3, -0.25) is 5.43 Å². The van der Waals surface area contributed by atoms with E-state index >= 15 is 0 Å². The molecule has 0 aliphatic carbocycles. The number of nitrogens with one attached hydrogen (secondary N) is 1. The van der Waals surface area contributed by atoms with Gasteiger partial charge >= 0.3 is 5.97 Å². The van der Waals surface area contributed by atoms with E-state index in [0.29, 0.717) is 22.3 Å². The SMILES string of the molecule is CCOC(=O)c1sc(N/N=C(\C)c2cnn(-c3ccccc3)c2C)nc1C. The predicted octanol–water partition coefficient (Wildman–Crippen LogP) is 3.96. The molecule has 0 atom stereocenters. The van der Waals surface area contributed by atoms with Crippen LogP contribution in [0.25, 0.3) is 5.69 Å². The zero-order valence-electron chi connectivity index (χ0n) is 15.7. The summed E-state index contributed by atoms with van der Waals surface area (Å²) in [5, 5.41) is 9.40. The number of carbonyl (C=O) groups is 1. The Labute approximate surface area is 161 Å². The minimum absolute atomic E-state index is 0.334. The highest BCUT2D eigenvalue weighted by atomic mass is 32.1. The number of thiazole rings is 1. The van der Waals surface area contributed by atoms with Crippen molar-refractivity contribution >= 4 is 28.1 Å². The fraction of sp³-hybridized carbons (Fsp3) is 0.263. The Kier molecular flexibility index (Phi) is 5.66. The number of para-hydroxylation sites is 1. The average Bonchev–Trinajstić information content (AvgIpc) is 3.23. The number of ether oxygens (including phenoxy) is 1. The number of nitrogens with zero attached hydrogens (tertiary/aromatic N) is 4. The summed E-state index contributed by atoms with van der Waals surface area (Å²) in [6.07, 6.45) is 1.79. The lowest BCUT2D eigenvalue weighted by atomic mass is 10.2. The van der Waals surface area contributed by atoms with Crippen molar-refractivity contribution in [2.24, 2.45) is 5.10 Å². The molecule has 3 rings (SSSR count). The lowest BCUT2D eigenvalue weighted by Gasteiger charge is -2.05. The summed E-state index contributed by atoms with van der Waals surface area (Å²) < 4.78 is 6.91. The van der Waals surface area contributed by atoms with Crippen molar-refractivity contribution < 1.29 is 9.53 Å². The molecule has 0 unspecified atom stereocenters. The van der Waals surface area contributed by atoms with Gasteiger partial charge in [0.05, 0.1) is 35.6 Å². The van der Waals surface area contributed by atoms with Gasteiger partial charge in [0.2, 0.25) is 5.13 Å². The van der Waals surface area contributed by atoms with Crippen molar-refractivity contribution in [3.05, 3.63) is 58.4 Å². The molecular formula is C19H21N5O2S. The second-order valence-corrected chi connectivity index (χ2v) is 6.85. The second kappa shape index (κ2) is 8.13. The molecule has 140 valence electrons. The molecule has 0 radical (unpaired) electrons. The third kappa shape index (κ3) is 4.06. The van der Waals surface area contributed by atoms with Gasteiger partial charge in [-0.25, -0.2) is 14.5 Å². The molecule has 3 aromatic rings. The number of hydrazone groups is 1. The summed E-state index contributed by atoms with van der Waals surface area (Å²) in [5.41, 5.74) is 7.26. The van der Waals surface area contributed by atoms with Gasteiger partial charge in [0, 0.05) is 5.56 Å². The summed E-state index contributed by atoms with van der Waals surface area (Å²) in [7, 11) is 0. The van der Waals surface area contributed by atoms with Crippen molar-refractivity contribution in [2.45, 2.75) is 27.7 Å². The molecule has 2 aromatic heterocycles. The Morgan fingerprint density at radius 1 is 1.30 bits per heavy atom. The Morgan fingerprint density at radius 2 is 2.04 bits per heavy atom. The van der Waals surface area contributed by atoms with Crippen LogP contribution in [0.1, 0.15) is 40.5 Å². The fourth-order valence-corrected chi connectivity index (χ4v) is 3.42. The number of anilines is 1. The molecule has 8 heteroatoms. The normalized spacial score (nSPS) is 11.5. The lowest BCUT2D eigenvalue weighted by Crippen LogP contribution is -2.03. The van der Waals surface area contributed by atoms with Crippen LogP contribution in [0.5, 0.6) is 0 Å². The molecule has 0 aliphatic heterocycles. The molecular weight excluding hydrogens is 362 g/mol. The zero-order chi connectivity index (χ0) is 19.4. The molecule has 0 saturated carbocycles. The maximum absolute atomic E-state index is 11.9. The van der Waals surface area contributed by atoms with Gasteiger partial charge in [0.25, 0.3) is 0 Å². The van der Waals surface area contributed by atoms with Gasteiger partial charge < -0.3 is 4.74 Å². The fourth-order valence-electron chi connectivity index (χ4n) is 2.62. The van der Waals surface area contributed by atoms with Crippen LogP contribution in [0.3, 0.4) is 0 Å². The van der Waals surface area contributed by atoms with E-state index in [-0.39, 0.29) is 5.97 Å². The van der Waals surface area contributed by atoms with Gasteiger partial charge in [-0.2, -0.15) is 10.2 Å². The van der Waals surface area contributed by atoms with Crippen LogP contribution in [0, 0.1) is 13.8 Å². The van der Waals surface area contributed by atoms with Crippen LogP contribution in [0.15, 0.2) is 41.6 Å². The Balaban J connectivity index is 1.78. The van der Waals surface area contributed by atoms with Gasteiger partial charge in [-0.1, -0.05) is 29.5 Å². The summed E-state index contributed by atoms with van der Waals surface area (Å²) >= 11 is 1.23. The lowest BCUT2D eigenvalue weighted by molar-refractivity contribution is 0.0531. The number of benzene rings is 1. The summed E-state index contributed by atoms with van der Waals surface area (Å²) in [4.78, 5) is 16.7. The number of hydrogen-bond donors (Lipinski definition) is 1. The summed E-state index contributed by atoms with van der Waals surface area (Å²) in [5.74, 6) is -0.360. The number of hydrogen-bond acceptors (Lipinski definition) is 7. The maximum atomic E-state index is 11.9. The second-order valence-electron chi connectivity index (χ2n) is 5.85. The molecule has 1 aromatic carbocycles. The highest BCUT2D eigenvalue weighted by molar-refractivity contribution is 7.17. The smallest absolute Gasteiger partial charge is 0.350 e. The Morgan fingerprint density at radius 3 is 2.74 bits per heavy atom. The number of aryl methyl sites for hydroxylation is 1. The van der Waals surface area contributed by atoms with Gasteiger partial charge in [0.1, 0.15) is 4.88 Å². The van der Waals surface area contributed by atoms with Crippen molar-refractivity contribution in [1.82, 2.24) is 14.8 Å². The molecule has 0 saturated heterocycles. The van der Waals surface area contributed by atoms with Crippen LogP contribution in [-0.4, -0.2) is 33.1 Å². The minimum atomic E-state index is -0.360. The minimum Gasteiger partial charge on any atom is -0.462 e. The molecule has 0 aliphatic rings. The quantitative estimate of drug-likeness (QED) is 0.396. The van der Waals surface area contributed by atoms with Gasteiger partial charge in [-0.05, 0) is 39.8 Å². The van der Waals surface area contributed by atoms with Crippen LogP contribution < -0.4 is 5.43 Å². The molecule has 0 amide bonds. The first kappa shape index (κ1) is 18.8. The van der Waals surface area contributed by atoms with Crippen molar-refractivity contribution in [3.8, 4) is 5.69 Å². The van der Waals surface area contributed by atoms with E-state index in [2.05, 4.69) is 20.6 Å². The van der Waals surface area contributed by atoms with Crippen LogP contribution in [0.4, 0.5) is 5.13 Å². The standard InChI is InChI=1S/C19H21N5O2S/c1-5-26-18(25)17-13(3)21-19(27-17)23-22-12(2)16-11-20-24(14(16)4)15-9-7-6-8-10-15/h6-11H,5H2,1-4H3,(H,21,23)/b22-12+. The highest BCUT2D eigenvalue weighted by Crippen LogP contribution is 2.23. The molecule has 27 heavy (non-hydrogen) atoms. The van der Waals surface area contributed by atoms with Crippen LogP contribution in [0.2, 0.25) is 0 Å². The molecule has 2 heterocycles. The summed E-state index contributed by atoms with van der Waals surface area (Å²) in [6, 6.07) is 9.93. The number of aromatic nitrogens is 3. The molecule has 1 N–H and O–H groups in total. The zero-order valence-corrected chi connectivity index (χ0v) is 16.5. The van der Waals surface area contributed by atoms with E-state index in [0.717, 1.165) is 22.7 Å². The third-order valence-electron chi connectivity index (χ3n) is 3.98. The molecule has 0 bridgehead atoms. The van der Waals surface area contributed by atoms with Crippen molar-refractivity contribution in [2.75, 3.05) is 12.0 Å². The van der Waals surface area contributed by atoms with Crippen molar-refractivity contribution in [3.63, 3.8) is 0 Å². The largest absolute Gasteiger partial charge is 0.462 e. The first-order chi connectivity index (χ1) is 13.0. The van der Waals surface area contributed by atoms with Gasteiger partial charge in [0.15, 0.2) is 0 Å². The first-order valence-corrected chi connectivity index (χ1v) is 9.38. The summed E-state index contributed by atoms with van der Waals surface area (Å²) in [6.45, 7) is 7.79. The number of carbonyl (C=O) groups excluding carboxylic acids is 1. The van der Waals surface area contributed by atoms with Crippen LogP contribution >= 0.6 is 11.3 Å². The van der Waals surface area contributed by atoms with E-state index in [1.807, 2.05) is 48.9 Å². The van der Waals surface area contributed by atoms with E-state index in [4.69, 9.17) is 4.74 Å². The maximum Gasteiger partial charge on any atom is 0.350 e. The molecule has 0 fully saturated rings. The van der Waals surface area contributed by atoms with Crippen LogP contribution in [-0.2, 0) is 4.74 Å². The monoisotopic (exact) mass is 383 g/mol. The Bertz CT molecular complexity index is 975. The predicted molar refractivity (Wildman–Crippen MR) is 107 cm³/mol. The first-order valence-electron chi connectivity index (χ1n) is 8.56. The van der Waals surface area contributed by atoms with Gasteiger partial charge in [-0.15, -0.1) is 0 Å².